The predicted octanol–water partition coefficient (Wildman–Crippen LogP) is 2.32. The summed E-state index contributed by atoms with van der Waals surface area (Å²) >= 11 is 6.27. The molecule has 0 spiro atoms. The largest absolute Gasteiger partial charge is 0.387 e. The molecule has 3 N–H and O–H groups in total. The molecule has 0 saturated carbocycles. The van der Waals surface area contributed by atoms with Crippen LogP contribution in [-0.2, 0) is 0 Å². The average Bonchev–Trinajstić information content (AvgIpc) is 2.38. The Hall–Kier alpha value is -0.770. The van der Waals surface area contributed by atoms with Crippen LogP contribution in [0.1, 0.15) is 30.9 Å². The molecule has 4 heteroatoms. The molecular formula is C13H19ClN2O. The Balaban J connectivity index is 2.18. The third-order valence-corrected chi connectivity index (χ3v) is 3.58. The second-order valence-electron chi connectivity index (χ2n) is 4.51. The number of aliphatic hydroxyl groups is 1. The van der Waals surface area contributed by atoms with E-state index in [1.54, 1.807) is 0 Å². The van der Waals surface area contributed by atoms with Crippen molar-refractivity contribution in [2.24, 2.45) is 5.73 Å². The fraction of sp³-hybridized carbons (Fsp3) is 0.538. The SMILES string of the molecule is NCC(O)c1ccc(N2CCCCC2)c(Cl)c1. The van der Waals surface area contributed by atoms with Crippen LogP contribution in [0.3, 0.4) is 0 Å². The molecule has 0 radical (unpaired) electrons. The van der Waals surface area contributed by atoms with Gasteiger partial charge in [0, 0.05) is 19.6 Å². The van der Waals surface area contributed by atoms with Gasteiger partial charge in [0.1, 0.15) is 0 Å². The van der Waals surface area contributed by atoms with E-state index in [9.17, 15) is 5.11 Å². The fourth-order valence-corrected chi connectivity index (χ4v) is 2.57. The second kappa shape index (κ2) is 5.71. The highest BCUT2D eigenvalue weighted by molar-refractivity contribution is 6.33. The molecule has 1 fully saturated rings. The lowest BCUT2D eigenvalue weighted by atomic mass is 10.1. The van der Waals surface area contributed by atoms with Gasteiger partial charge in [-0.2, -0.15) is 0 Å². The zero-order valence-electron chi connectivity index (χ0n) is 9.90. The van der Waals surface area contributed by atoms with Crippen molar-refractivity contribution in [3.8, 4) is 0 Å². The number of piperidine rings is 1. The van der Waals surface area contributed by atoms with Crippen molar-refractivity contribution < 1.29 is 5.11 Å². The topological polar surface area (TPSA) is 49.5 Å². The van der Waals surface area contributed by atoms with Crippen LogP contribution in [0, 0.1) is 0 Å². The van der Waals surface area contributed by atoms with Crippen molar-refractivity contribution in [3.05, 3.63) is 28.8 Å². The molecule has 0 amide bonds. The van der Waals surface area contributed by atoms with E-state index >= 15 is 0 Å². The summed E-state index contributed by atoms with van der Waals surface area (Å²) in [5.74, 6) is 0. The zero-order chi connectivity index (χ0) is 12.3. The van der Waals surface area contributed by atoms with Gasteiger partial charge in [0.2, 0.25) is 0 Å². The summed E-state index contributed by atoms with van der Waals surface area (Å²) in [4.78, 5) is 2.31. The maximum atomic E-state index is 9.66. The first-order valence-corrected chi connectivity index (χ1v) is 6.52. The molecule has 1 aliphatic rings. The van der Waals surface area contributed by atoms with Crippen molar-refractivity contribution in [2.75, 3.05) is 24.5 Å². The van der Waals surface area contributed by atoms with Crippen molar-refractivity contribution in [3.63, 3.8) is 0 Å². The number of nitrogens with zero attached hydrogens (tertiary/aromatic N) is 1. The van der Waals surface area contributed by atoms with Gasteiger partial charge in [0.25, 0.3) is 0 Å². The van der Waals surface area contributed by atoms with E-state index in [0.29, 0.717) is 5.02 Å². The molecule has 1 aliphatic heterocycles. The van der Waals surface area contributed by atoms with Gasteiger partial charge in [-0.1, -0.05) is 17.7 Å². The molecule has 1 aromatic carbocycles. The Labute approximate surface area is 107 Å². The molecule has 1 saturated heterocycles. The molecule has 3 nitrogen and oxygen atoms in total. The van der Waals surface area contributed by atoms with E-state index in [2.05, 4.69) is 4.90 Å². The maximum absolute atomic E-state index is 9.66. The van der Waals surface area contributed by atoms with Crippen molar-refractivity contribution in [1.82, 2.24) is 0 Å². The van der Waals surface area contributed by atoms with Gasteiger partial charge in [0.05, 0.1) is 16.8 Å². The Morgan fingerprint density at radius 2 is 2.00 bits per heavy atom. The van der Waals surface area contributed by atoms with E-state index in [1.165, 1.54) is 19.3 Å². The molecule has 0 aliphatic carbocycles. The Morgan fingerprint density at radius 3 is 2.59 bits per heavy atom. The van der Waals surface area contributed by atoms with Gasteiger partial charge in [-0.25, -0.2) is 0 Å². The van der Waals surface area contributed by atoms with Gasteiger partial charge in [-0.3, -0.25) is 0 Å². The van der Waals surface area contributed by atoms with Gasteiger partial charge < -0.3 is 15.7 Å². The molecule has 2 rings (SSSR count). The second-order valence-corrected chi connectivity index (χ2v) is 4.92. The summed E-state index contributed by atoms with van der Waals surface area (Å²) in [6.07, 6.45) is 3.13. The number of halogens is 1. The third-order valence-electron chi connectivity index (χ3n) is 3.28. The number of benzene rings is 1. The van der Waals surface area contributed by atoms with Gasteiger partial charge in [-0.15, -0.1) is 0 Å². The summed E-state index contributed by atoms with van der Waals surface area (Å²) in [7, 11) is 0. The lowest BCUT2D eigenvalue weighted by molar-refractivity contribution is 0.187. The number of aliphatic hydroxyl groups excluding tert-OH is 1. The van der Waals surface area contributed by atoms with Crippen LogP contribution in [-0.4, -0.2) is 24.7 Å². The van der Waals surface area contributed by atoms with Crippen LogP contribution < -0.4 is 10.6 Å². The van der Waals surface area contributed by atoms with E-state index in [-0.39, 0.29) is 6.54 Å². The van der Waals surface area contributed by atoms with Crippen LogP contribution in [0.2, 0.25) is 5.02 Å². The highest BCUT2D eigenvalue weighted by atomic mass is 35.5. The average molecular weight is 255 g/mol. The highest BCUT2D eigenvalue weighted by Crippen LogP contribution is 2.30. The van der Waals surface area contributed by atoms with E-state index in [4.69, 9.17) is 17.3 Å². The van der Waals surface area contributed by atoms with Gasteiger partial charge in [0.15, 0.2) is 0 Å². The number of rotatable bonds is 3. The van der Waals surface area contributed by atoms with Crippen molar-refractivity contribution >= 4 is 17.3 Å². The summed E-state index contributed by atoms with van der Waals surface area (Å²) in [5.41, 5.74) is 7.29. The maximum Gasteiger partial charge on any atom is 0.0912 e. The Kier molecular flexibility index (Phi) is 4.26. The Bertz CT molecular complexity index is 378. The van der Waals surface area contributed by atoms with E-state index in [0.717, 1.165) is 24.3 Å². The number of nitrogens with two attached hydrogens (primary N) is 1. The van der Waals surface area contributed by atoms with E-state index in [1.807, 2.05) is 18.2 Å². The fourth-order valence-electron chi connectivity index (χ4n) is 2.26. The molecule has 94 valence electrons. The zero-order valence-corrected chi connectivity index (χ0v) is 10.7. The number of anilines is 1. The number of hydrogen-bond donors (Lipinski definition) is 2. The van der Waals surface area contributed by atoms with E-state index < -0.39 is 6.10 Å². The normalized spacial score (nSPS) is 18.2. The van der Waals surface area contributed by atoms with Gasteiger partial charge >= 0.3 is 0 Å². The van der Waals surface area contributed by atoms with Gasteiger partial charge in [-0.05, 0) is 37.0 Å². The van der Waals surface area contributed by atoms with Crippen LogP contribution in [0.5, 0.6) is 0 Å². The summed E-state index contributed by atoms with van der Waals surface area (Å²) in [5, 5.41) is 10.4. The molecule has 0 bridgehead atoms. The predicted molar refractivity (Wildman–Crippen MR) is 71.5 cm³/mol. The first kappa shape index (κ1) is 12.7. The van der Waals surface area contributed by atoms with Crippen molar-refractivity contribution in [2.45, 2.75) is 25.4 Å². The molecule has 17 heavy (non-hydrogen) atoms. The lowest BCUT2D eigenvalue weighted by Gasteiger charge is -2.29. The minimum Gasteiger partial charge on any atom is -0.387 e. The van der Waals surface area contributed by atoms with Crippen LogP contribution >= 0.6 is 11.6 Å². The first-order valence-electron chi connectivity index (χ1n) is 6.15. The molecular weight excluding hydrogens is 236 g/mol. The standard InChI is InChI=1S/C13H19ClN2O/c14-11-8-10(13(17)9-15)4-5-12(11)16-6-2-1-3-7-16/h4-5,8,13,17H,1-3,6-7,9,15H2. The molecule has 1 atom stereocenters. The molecule has 1 aromatic rings. The monoisotopic (exact) mass is 254 g/mol. The van der Waals surface area contributed by atoms with Crippen molar-refractivity contribution in [1.29, 1.82) is 0 Å². The minimum atomic E-state index is -0.622. The molecule has 0 aromatic heterocycles. The molecule has 1 heterocycles. The lowest BCUT2D eigenvalue weighted by Crippen LogP contribution is -2.29. The summed E-state index contributed by atoms with van der Waals surface area (Å²) < 4.78 is 0. The summed E-state index contributed by atoms with van der Waals surface area (Å²) in [6, 6.07) is 5.72. The molecule has 1 unspecified atom stereocenters. The Morgan fingerprint density at radius 1 is 1.29 bits per heavy atom. The van der Waals surface area contributed by atoms with Crippen LogP contribution in [0.4, 0.5) is 5.69 Å². The highest BCUT2D eigenvalue weighted by Gasteiger charge is 2.15. The quantitative estimate of drug-likeness (QED) is 0.871. The smallest absolute Gasteiger partial charge is 0.0912 e. The van der Waals surface area contributed by atoms with Crippen LogP contribution in [0.15, 0.2) is 18.2 Å². The first-order chi connectivity index (χ1) is 8.22. The summed E-state index contributed by atoms with van der Waals surface area (Å²) in [6.45, 7) is 2.36. The minimum absolute atomic E-state index is 0.222. The number of hydrogen-bond acceptors (Lipinski definition) is 3. The third kappa shape index (κ3) is 2.92. The van der Waals surface area contributed by atoms with Crippen LogP contribution in [0.25, 0.3) is 0 Å².